The van der Waals surface area contributed by atoms with Gasteiger partial charge in [0.1, 0.15) is 6.04 Å². The van der Waals surface area contributed by atoms with E-state index in [4.69, 9.17) is 0 Å². The highest BCUT2D eigenvalue weighted by molar-refractivity contribution is 5.94. The van der Waals surface area contributed by atoms with Gasteiger partial charge < -0.3 is 0 Å². The quantitative estimate of drug-likeness (QED) is 0.434. The Hall–Kier alpha value is -2.98. The van der Waals surface area contributed by atoms with Crippen LogP contribution in [0, 0.1) is 16.7 Å². The van der Waals surface area contributed by atoms with Crippen molar-refractivity contribution in [1.29, 1.82) is 5.26 Å². The second-order valence-electron chi connectivity index (χ2n) is 8.77. The van der Waals surface area contributed by atoms with Crippen LogP contribution in [0.1, 0.15) is 67.9 Å². The Bertz CT molecular complexity index is 1030. The third-order valence-corrected chi connectivity index (χ3v) is 6.13. The van der Waals surface area contributed by atoms with Gasteiger partial charge in [0.05, 0.1) is 17.5 Å². The molecule has 0 amide bonds. The molecule has 0 spiro atoms. The van der Waals surface area contributed by atoms with E-state index >= 15 is 0 Å². The minimum Gasteiger partial charge on any atom is -0.298 e. The number of carbonyl (C=O) groups is 2. The van der Waals surface area contributed by atoms with Gasteiger partial charge in [0.2, 0.25) is 0 Å². The lowest BCUT2D eigenvalue weighted by Gasteiger charge is -2.27. The Labute approximate surface area is 191 Å². The van der Waals surface area contributed by atoms with E-state index in [0.29, 0.717) is 24.8 Å². The number of nitrogens with one attached hydrogen (secondary N) is 1. The minimum absolute atomic E-state index is 0.0130. The molecule has 0 aliphatic heterocycles. The number of Topliss-reactive ketones (excluding diaryl/α,β-unsaturated/α-hetero) is 2. The molecule has 0 unspecified atom stereocenters. The number of nitriles is 1. The molecule has 3 rings (SSSR count). The molecule has 2 aromatic carbocycles. The Balaban J connectivity index is 1.81. The highest BCUT2D eigenvalue weighted by atomic mass is 19.4. The first kappa shape index (κ1) is 24.7. The summed E-state index contributed by atoms with van der Waals surface area (Å²) in [6, 6.07) is 12.1. The number of benzene rings is 2. The first-order valence-electron chi connectivity index (χ1n) is 11.1. The van der Waals surface area contributed by atoms with E-state index in [1.54, 1.807) is 36.4 Å². The van der Waals surface area contributed by atoms with Crippen molar-refractivity contribution in [3.63, 3.8) is 0 Å². The standard InChI is InChI=1S/C26H27F3N2O2/c1-3-4-22(23(33)15-25(16-30)13-14-25)31-24(26(27,28)29)21-11-9-20(10-12-21)19-7-5-18(6-8-19)17(2)32/h5-12,22,24,31H,3-4,13-15H2,1-2H3/t22-,24-/m0/s1. The predicted octanol–water partition coefficient (Wildman–Crippen LogP) is 6.18. The number of alkyl halides is 3. The molecule has 7 heteroatoms. The molecule has 2 atom stereocenters. The summed E-state index contributed by atoms with van der Waals surface area (Å²) in [7, 11) is 0. The Morgan fingerprint density at radius 3 is 2.03 bits per heavy atom. The third-order valence-electron chi connectivity index (χ3n) is 6.13. The Morgan fingerprint density at radius 2 is 1.61 bits per heavy atom. The summed E-state index contributed by atoms with van der Waals surface area (Å²) in [5.74, 6) is -0.401. The van der Waals surface area contributed by atoms with Crippen molar-refractivity contribution in [3.8, 4) is 17.2 Å². The SMILES string of the molecule is CCC[C@H](N[C@@H](c1ccc(-c2ccc(C(C)=O)cc2)cc1)C(F)(F)F)C(=O)CC1(C#N)CC1. The van der Waals surface area contributed by atoms with Crippen LogP contribution in [0.5, 0.6) is 0 Å². The van der Waals surface area contributed by atoms with Crippen molar-refractivity contribution < 1.29 is 22.8 Å². The fourth-order valence-electron chi connectivity index (χ4n) is 3.91. The van der Waals surface area contributed by atoms with Gasteiger partial charge in [0.15, 0.2) is 11.6 Å². The summed E-state index contributed by atoms with van der Waals surface area (Å²) in [5.41, 5.74) is 1.39. The van der Waals surface area contributed by atoms with Crippen LogP contribution in [-0.4, -0.2) is 23.8 Å². The molecule has 1 fully saturated rings. The lowest BCUT2D eigenvalue weighted by atomic mass is 9.93. The topological polar surface area (TPSA) is 70.0 Å². The maximum atomic E-state index is 14.0. The van der Waals surface area contributed by atoms with Gasteiger partial charge in [0.25, 0.3) is 0 Å². The number of rotatable bonds is 10. The molecule has 4 nitrogen and oxygen atoms in total. The molecule has 1 N–H and O–H groups in total. The van der Waals surface area contributed by atoms with Crippen molar-refractivity contribution in [3.05, 3.63) is 59.7 Å². The second-order valence-corrected chi connectivity index (χ2v) is 8.77. The van der Waals surface area contributed by atoms with Gasteiger partial charge in [-0.25, -0.2) is 0 Å². The van der Waals surface area contributed by atoms with E-state index in [-0.39, 0.29) is 30.0 Å². The van der Waals surface area contributed by atoms with Crippen LogP contribution < -0.4 is 5.32 Å². The van der Waals surface area contributed by atoms with Gasteiger partial charge in [0, 0.05) is 12.0 Å². The number of carbonyl (C=O) groups excluding carboxylic acids is 2. The van der Waals surface area contributed by atoms with Crippen molar-refractivity contribution in [2.45, 2.75) is 64.2 Å². The average molecular weight is 457 g/mol. The van der Waals surface area contributed by atoms with Crippen molar-refractivity contribution >= 4 is 11.6 Å². The van der Waals surface area contributed by atoms with Crippen LogP contribution in [0.15, 0.2) is 48.5 Å². The van der Waals surface area contributed by atoms with E-state index in [1.165, 1.54) is 19.1 Å². The van der Waals surface area contributed by atoms with Crippen molar-refractivity contribution in [1.82, 2.24) is 5.32 Å². The molecule has 33 heavy (non-hydrogen) atoms. The molecule has 1 aliphatic rings. The Morgan fingerprint density at radius 1 is 1.06 bits per heavy atom. The van der Waals surface area contributed by atoms with E-state index < -0.39 is 23.7 Å². The third kappa shape index (κ3) is 6.08. The predicted molar refractivity (Wildman–Crippen MR) is 119 cm³/mol. The number of halogens is 3. The zero-order chi connectivity index (χ0) is 24.2. The number of hydrogen-bond donors (Lipinski definition) is 1. The average Bonchev–Trinajstić information content (AvgIpc) is 3.55. The van der Waals surface area contributed by atoms with E-state index in [1.807, 2.05) is 6.92 Å². The number of hydrogen-bond acceptors (Lipinski definition) is 4. The van der Waals surface area contributed by atoms with Gasteiger partial charge in [-0.15, -0.1) is 0 Å². The van der Waals surface area contributed by atoms with Crippen molar-refractivity contribution in [2.24, 2.45) is 5.41 Å². The summed E-state index contributed by atoms with van der Waals surface area (Å²) in [5, 5.41) is 11.8. The van der Waals surface area contributed by atoms with Crippen LogP contribution >= 0.6 is 0 Å². The molecule has 0 heterocycles. The van der Waals surface area contributed by atoms with Gasteiger partial charge in [-0.1, -0.05) is 61.9 Å². The van der Waals surface area contributed by atoms with Crippen LogP contribution in [0.3, 0.4) is 0 Å². The molecule has 174 valence electrons. The van der Waals surface area contributed by atoms with Crippen molar-refractivity contribution in [2.75, 3.05) is 0 Å². The summed E-state index contributed by atoms with van der Waals surface area (Å²) in [4.78, 5) is 24.2. The zero-order valence-corrected chi connectivity index (χ0v) is 18.7. The summed E-state index contributed by atoms with van der Waals surface area (Å²) < 4.78 is 41.9. The fourth-order valence-corrected chi connectivity index (χ4v) is 3.91. The van der Waals surface area contributed by atoms with Gasteiger partial charge in [-0.3, -0.25) is 14.9 Å². The van der Waals surface area contributed by atoms with E-state index in [9.17, 15) is 28.0 Å². The highest BCUT2D eigenvalue weighted by Gasteiger charge is 2.47. The molecule has 2 aromatic rings. The molecular weight excluding hydrogens is 429 g/mol. The van der Waals surface area contributed by atoms with E-state index in [2.05, 4.69) is 11.4 Å². The van der Waals surface area contributed by atoms with Gasteiger partial charge in [-0.2, -0.15) is 18.4 Å². The lowest BCUT2D eigenvalue weighted by molar-refractivity contribution is -0.160. The van der Waals surface area contributed by atoms with Crippen LogP contribution in [-0.2, 0) is 4.79 Å². The molecule has 0 saturated heterocycles. The summed E-state index contributed by atoms with van der Waals surface area (Å²) in [6.07, 6.45) is -2.56. The molecular formula is C26H27F3N2O2. The minimum atomic E-state index is -4.59. The maximum absolute atomic E-state index is 14.0. The van der Waals surface area contributed by atoms with Crippen LogP contribution in [0.4, 0.5) is 13.2 Å². The number of nitrogens with zero attached hydrogens (tertiary/aromatic N) is 1. The van der Waals surface area contributed by atoms with Gasteiger partial charge >= 0.3 is 6.18 Å². The highest BCUT2D eigenvalue weighted by Crippen LogP contribution is 2.48. The monoisotopic (exact) mass is 456 g/mol. The summed E-state index contributed by atoms with van der Waals surface area (Å²) >= 11 is 0. The first-order valence-corrected chi connectivity index (χ1v) is 11.1. The molecule has 0 radical (unpaired) electrons. The lowest BCUT2D eigenvalue weighted by Crippen LogP contribution is -2.45. The summed E-state index contributed by atoms with van der Waals surface area (Å²) in [6.45, 7) is 3.28. The molecule has 0 bridgehead atoms. The van der Waals surface area contributed by atoms with Crippen LogP contribution in [0.2, 0.25) is 0 Å². The molecule has 0 aromatic heterocycles. The first-order chi connectivity index (χ1) is 15.6. The fraction of sp³-hybridized carbons (Fsp3) is 0.423. The number of ketones is 2. The molecule has 1 aliphatic carbocycles. The smallest absolute Gasteiger partial charge is 0.298 e. The maximum Gasteiger partial charge on any atom is 0.407 e. The normalized spacial score (nSPS) is 16.5. The molecule has 1 saturated carbocycles. The largest absolute Gasteiger partial charge is 0.407 e. The second kappa shape index (κ2) is 9.88. The van der Waals surface area contributed by atoms with E-state index in [0.717, 1.165) is 11.1 Å². The van der Waals surface area contributed by atoms with Gasteiger partial charge in [-0.05, 0) is 42.9 Å². The Kier molecular flexibility index (Phi) is 7.38. The van der Waals surface area contributed by atoms with Crippen LogP contribution in [0.25, 0.3) is 11.1 Å². The zero-order valence-electron chi connectivity index (χ0n) is 18.7.